The molecule has 2 aromatic heterocycles. The first-order valence-electron chi connectivity index (χ1n) is 8.82. The number of amides is 2. The number of halogens is 1. The summed E-state index contributed by atoms with van der Waals surface area (Å²) in [6, 6.07) is 12.2. The first-order valence-corrected chi connectivity index (χ1v) is 10.1. The second-order valence-electron chi connectivity index (χ2n) is 6.31. The highest BCUT2D eigenvalue weighted by Gasteiger charge is 2.17. The van der Waals surface area contributed by atoms with Gasteiger partial charge in [-0.3, -0.25) is 14.9 Å². The van der Waals surface area contributed by atoms with Gasteiger partial charge in [-0.2, -0.15) is 4.98 Å². The van der Waals surface area contributed by atoms with Crippen LogP contribution in [0.15, 0.2) is 47.8 Å². The Morgan fingerprint density at radius 1 is 1.13 bits per heavy atom. The summed E-state index contributed by atoms with van der Waals surface area (Å²) in [5.41, 5.74) is 2.71. The molecule has 0 unspecified atom stereocenters. The van der Waals surface area contributed by atoms with Crippen molar-refractivity contribution in [3.8, 4) is 17.0 Å². The number of benzene rings is 2. The van der Waals surface area contributed by atoms with E-state index in [9.17, 15) is 9.59 Å². The average molecular weight is 442 g/mol. The zero-order valence-electron chi connectivity index (χ0n) is 16.0. The van der Waals surface area contributed by atoms with Gasteiger partial charge in [0.2, 0.25) is 10.9 Å². The topological polar surface area (TPSA) is 97.6 Å². The second-order valence-corrected chi connectivity index (χ2v) is 7.58. The highest BCUT2D eigenvalue weighted by atomic mass is 35.5. The van der Waals surface area contributed by atoms with Crippen LogP contribution in [0.1, 0.15) is 17.3 Å². The van der Waals surface area contributed by atoms with Crippen molar-refractivity contribution < 1.29 is 14.3 Å². The molecule has 2 heterocycles. The van der Waals surface area contributed by atoms with E-state index < -0.39 is 5.91 Å². The monoisotopic (exact) mass is 441 g/mol. The maximum Gasteiger partial charge on any atom is 0.261 e. The molecule has 0 spiro atoms. The molecule has 2 N–H and O–H groups in total. The normalized spacial score (nSPS) is 10.8. The summed E-state index contributed by atoms with van der Waals surface area (Å²) in [4.78, 5) is 28.8. The average Bonchev–Trinajstić information content (AvgIpc) is 3.28. The molecule has 152 valence electrons. The summed E-state index contributed by atoms with van der Waals surface area (Å²) in [7, 11) is 1.48. The van der Waals surface area contributed by atoms with E-state index in [-0.39, 0.29) is 17.4 Å². The summed E-state index contributed by atoms with van der Waals surface area (Å²) in [5.74, 6) is 0.0188. The van der Waals surface area contributed by atoms with Crippen LogP contribution in [-0.4, -0.2) is 33.5 Å². The quantitative estimate of drug-likeness (QED) is 0.480. The Balaban J connectivity index is 1.60. The summed E-state index contributed by atoms with van der Waals surface area (Å²) in [5, 5.41) is 12.2. The van der Waals surface area contributed by atoms with Crippen LogP contribution in [0.5, 0.6) is 5.75 Å². The predicted molar refractivity (Wildman–Crippen MR) is 117 cm³/mol. The van der Waals surface area contributed by atoms with Gasteiger partial charge in [0.25, 0.3) is 11.9 Å². The van der Waals surface area contributed by atoms with Gasteiger partial charge in [-0.05, 0) is 30.3 Å². The molecular weight excluding hydrogens is 426 g/mol. The van der Waals surface area contributed by atoms with E-state index in [1.807, 2.05) is 29.6 Å². The number of rotatable bonds is 5. The number of thiazole rings is 1. The lowest BCUT2D eigenvalue weighted by Crippen LogP contribution is -2.14. The summed E-state index contributed by atoms with van der Waals surface area (Å²) >= 11 is 7.40. The summed E-state index contributed by atoms with van der Waals surface area (Å²) in [6.07, 6.45) is 0. The summed E-state index contributed by atoms with van der Waals surface area (Å²) < 4.78 is 6.88. The van der Waals surface area contributed by atoms with Crippen LogP contribution in [-0.2, 0) is 4.79 Å². The van der Waals surface area contributed by atoms with Crippen LogP contribution < -0.4 is 15.4 Å². The number of nitrogens with zero attached hydrogens (tertiary/aromatic N) is 3. The fraction of sp³-hybridized carbons (Fsp3) is 0.100. The first-order chi connectivity index (χ1) is 14.4. The second kappa shape index (κ2) is 8.13. The lowest BCUT2D eigenvalue weighted by Gasteiger charge is -2.07. The Kier molecular flexibility index (Phi) is 5.39. The first kappa shape index (κ1) is 19.9. The minimum absolute atomic E-state index is 0.131. The molecule has 30 heavy (non-hydrogen) atoms. The number of ether oxygens (including phenoxy) is 1. The van der Waals surface area contributed by atoms with Gasteiger partial charge in [-0.1, -0.05) is 23.7 Å². The minimum Gasteiger partial charge on any atom is -0.496 e. The molecule has 10 heteroatoms. The van der Waals surface area contributed by atoms with Crippen LogP contribution in [0.2, 0.25) is 5.02 Å². The number of methoxy groups -OCH3 is 1. The van der Waals surface area contributed by atoms with Gasteiger partial charge in [0.1, 0.15) is 5.75 Å². The van der Waals surface area contributed by atoms with Crippen LogP contribution in [0.25, 0.3) is 16.2 Å². The zero-order chi connectivity index (χ0) is 21.3. The SMILES string of the molecule is COc1ccc(Cl)cc1C(=O)Nc1nc2scc(-c3ccc(NC(C)=O)cc3)n2n1. The van der Waals surface area contributed by atoms with Gasteiger partial charge in [-0.25, -0.2) is 4.52 Å². The Hall–Kier alpha value is -3.43. The van der Waals surface area contributed by atoms with Crippen LogP contribution in [0.3, 0.4) is 0 Å². The molecule has 0 radical (unpaired) electrons. The summed E-state index contributed by atoms with van der Waals surface area (Å²) in [6.45, 7) is 1.46. The van der Waals surface area contributed by atoms with Crippen molar-refractivity contribution in [2.45, 2.75) is 6.92 Å². The third kappa shape index (κ3) is 3.98. The Morgan fingerprint density at radius 3 is 2.60 bits per heavy atom. The van der Waals surface area contributed by atoms with E-state index in [1.165, 1.54) is 31.4 Å². The van der Waals surface area contributed by atoms with Crippen molar-refractivity contribution in [3.63, 3.8) is 0 Å². The van der Waals surface area contributed by atoms with E-state index in [4.69, 9.17) is 16.3 Å². The molecule has 4 rings (SSSR count). The molecule has 0 saturated heterocycles. The lowest BCUT2D eigenvalue weighted by molar-refractivity contribution is -0.114. The van der Waals surface area contributed by atoms with E-state index >= 15 is 0 Å². The molecule has 0 aliphatic heterocycles. The fourth-order valence-corrected chi connectivity index (χ4v) is 3.89. The third-order valence-corrected chi connectivity index (χ3v) is 5.27. The molecule has 2 amide bonds. The van der Waals surface area contributed by atoms with Crippen molar-refractivity contribution in [1.29, 1.82) is 0 Å². The number of hydrogen-bond donors (Lipinski definition) is 2. The molecular formula is C20H16ClN5O3S. The molecule has 0 bridgehead atoms. The Labute approximate surface area is 180 Å². The molecule has 0 saturated carbocycles. The third-order valence-electron chi connectivity index (χ3n) is 4.21. The van der Waals surface area contributed by atoms with Gasteiger partial charge >= 0.3 is 0 Å². The van der Waals surface area contributed by atoms with Crippen LogP contribution in [0, 0.1) is 0 Å². The smallest absolute Gasteiger partial charge is 0.261 e. The number of carbonyl (C=O) groups excluding carboxylic acids is 2. The highest BCUT2D eigenvalue weighted by molar-refractivity contribution is 7.15. The van der Waals surface area contributed by atoms with Gasteiger partial charge in [-0.15, -0.1) is 16.4 Å². The number of fused-ring (bicyclic) bond motifs is 1. The highest BCUT2D eigenvalue weighted by Crippen LogP contribution is 2.28. The van der Waals surface area contributed by atoms with Gasteiger partial charge in [0.05, 0.1) is 18.4 Å². The number of anilines is 2. The number of carbonyl (C=O) groups is 2. The Bertz CT molecular complexity index is 1250. The molecule has 0 aliphatic carbocycles. The zero-order valence-corrected chi connectivity index (χ0v) is 17.5. The lowest BCUT2D eigenvalue weighted by atomic mass is 10.1. The number of nitrogens with one attached hydrogen (secondary N) is 2. The number of aromatic nitrogens is 3. The van der Waals surface area contributed by atoms with Crippen molar-refractivity contribution in [2.24, 2.45) is 0 Å². The maximum atomic E-state index is 12.7. The van der Waals surface area contributed by atoms with E-state index in [2.05, 4.69) is 20.7 Å². The minimum atomic E-state index is -0.422. The molecule has 0 fully saturated rings. The maximum absolute atomic E-state index is 12.7. The van der Waals surface area contributed by atoms with Crippen molar-refractivity contribution in [2.75, 3.05) is 17.7 Å². The van der Waals surface area contributed by atoms with Gasteiger partial charge in [0.15, 0.2) is 0 Å². The molecule has 8 nitrogen and oxygen atoms in total. The predicted octanol–water partition coefficient (Wildman–Crippen LogP) is 4.33. The molecule has 4 aromatic rings. The van der Waals surface area contributed by atoms with Gasteiger partial charge in [0, 0.05) is 28.6 Å². The molecule has 0 aliphatic rings. The Morgan fingerprint density at radius 2 is 1.90 bits per heavy atom. The van der Waals surface area contributed by atoms with Gasteiger partial charge < -0.3 is 10.1 Å². The van der Waals surface area contributed by atoms with Crippen molar-refractivity contribution in [1.82, 2.24) is 14.6 Å². The molecule has 0 atom stereocenters. The largest absolute Gasteiger partial charge is 0.496 e. The fourth-order valence-electron chi connectivity index (χ4n) is 2.89. The van der Waals surface area contributed by atoms with E-state index in [1.54, 1.807) is 16.6 Å². The molecule has 2 aromatic carbocycles. The van der Waals surface area contributed by atoms with Crippen molar-refractivity contribution >= 4 is 51.3 Å². The number of hydrogen-bond acceptors (Lipinski definition) is 6. The standard InChI is InChI=1S/C20H16ClN5O3S/c1-11(27)22-14-6-3-12(4-7-14)16-10-30-20-24-19(25-26(16)20)23-18(28)15-9-13(21)5-8-17(15)29-2/h3-10H,1-2H3,(H,22,27)(H,23,25,28). The van der Waals surface area contributed by atoms with E-state index in [0.717, 1.165) is 11.3 Å². The van der Waals surface area contributed by atoms with E-state index in [0.29, 0.717) is 21.4 Å². The van der Waals surface area contributed by atoms with Crippen LogP contribution >= 0.6 is 22.9 Å². The van der Waals surface area contributed by atoms with Crippen LogP contribution in [0.4, 0.5) is 11.6 Å². The van der Waals surface area contributed by atoms with Crippen molar-refractivity contribution in [3.05, 3.63) is 58.4 Å².